The second-order valence-corrected chi connectivity index (χ2v) is 9.00. The summed E-state index contributed by atoms with van der Waals surface area (Å²) in [5.41, 5.74) is 3.50. The van der Waals surface area contributed by atoms with Crippen LogP contribution in [-0.4, -0.2) is 15.7 Å². The molecule has 37 heavy (non-hydrogen) atoms. The number of aromatic nitrogens is 2. The quantitative estimate of drug-likeness (QED) is 0.194. The highest BCUT2D eigenvalue weighted by atomic mass is 35.5. The smallest absolute Gasteiger partial charge is 0.255 e. The second-order valence-electron chi connectivity index (χ2n) is 8.19. The molecular formula is C26H19Cl2F4N3O2. The third-order valence-electron chi connectivity index (χ3n) is 5.61. The maximum atomic E-state index is 13.8. The summed E-state index contributed by atoms with van der Waals surface area (Å²) in [5, 5.41) is 8.22. The maximum absolute atomic E-state index is 13.8. The number of benzene rings is 3. The summed E-state index contributed by atoms with van der Waals surface area (Å²) in [7, 11) is 0. The first-order chi connectivity index (χ1) is 17.5. The molecule has 0 spiro atoms. The van der Waals surface area contributed by atoms with Gasteiger partial charge in [0.2, 0.25) is 11.6 Å². The predicted molar refractivity (Wildman–Crippen MR) is 132 cm³/mol. The van der Waals surface area contributed by atoms with Crippen molar-refractivity contribution in [1.82, 2.24) is 9.78 Å². The number of nitrogens with zero attached hydrogens (tertiary/aromatic N) is 2. The number of nitrogens with one attached hydrogen (secondary N) is 1. The van der Waals surface area contributed by atoms with Crippen LogP contribution in [0, 0.1) is 37.1 Å². The summed E-state index contributed by atoms with van der Waals surface area (Å²) < 4.78 is 60.9. The fourth-order valence-corrected chi connectivity index (χ4v) is 3.93. The van der Waals surface area contributed by atoms with Gasteiger partial charge in [0.05, 0.1) is 33.7 Å². The Labute approximate surface area is 219 Å². The van der Waals surface area contributed by atoms with E-state index in [0.717, 1.165) is 11.3 Å². The molecule has 4 rings (SSSR count). The molecule has 1 aromatic heterocycles. The third-order valence-corrected chi connectivity index (χ3v) is 6.35. The Bertz CT molecular complexity index is 1460. The summed E-state index contributed by atoms with van der Waals surface area (Å²) in [5.74, 6) is -7.93. The van der Waals surface area contributed by atoms with Crippen LogP contribution < -0.4 is 10.1 Å². The van der Waals surface area contributed by atoms with Gasteiger partial charge in [0.1, 0.15) is 6.61 Å². The van der Waals surface area contributed by atoms with Crippen molar-refractivity contribution >= 4 is 34.8 Å². The van der Waals surface area contributed by atoms with E-state index in [0.29, 0.717) is 39.1 Å². The zero-order chi connectivity index (χ0) is 26.9. The molecule has 1 heterocycles. The first-order valence-corrected chi connectivity index (χ1v) is 11.6. The zero-order valence-electron chi connectivity index (χ0n) is 19.5. The van der Waals surface area contributed by atoms with Crippen LogP contribution in [-0.2, 0) is 13.2 Å². The van der Waals surface area contributed by atoms with Crippen molar-refractivity contribution in [1.29, 1.82) is 0 Å². The van der Waals surface area contributed by atoms with Crippen LogP contribution in [0.2, 0.25) is 10.0 Å². The summed E-state index contributed by atoms with van der Waals surface area (Å²) in [6.07, 6.45) is 0. The van der Waals surface area contributed by atoms with Gasteiger partial charge in [0.15, 0.2) is 17.4 Å². The Morgan fingerprint density at radius 1 is 0.919 bits per heavy atom. The van der Waals surface area contributed by atoms with Crippen molar-refractivity contribution in [3.8, 4) is 5.75 Å². The lowest BCUT2D eigenvalue weighted by Crippen LogP contribution is -2.13. The van der Waals surface area contributed by atoms with Gasteiger partial charge in [-0.15, -0.1) is 0 Å². The van der Waals surface area contributed by atoms with Crippen LogP contribution >= 0.6 is 23.2 Å². The lowest BCUT2D eigenvalue weighted by atomic mass is 10.1. The number of hydrogen-bond acceptors (Lipinski definition) is 3. The van der Waals surface area contributed by atoms with Gasteiger partial charge in [-0.1, -0.05) is 41.4 Å². The number of carbonyl (C=O) groups excluding carboxylic acids is 1. The summed E-state index contributed by atoms with van der Waals surface area (Å²) >= 11 is 12.1. The SMILES string of the molecule is Cc1nn(Cc2ccc(Cl)c(Cl)c2)c(C)c1NC(=O)c1ccc(COc2c(F)c(F)cc(F)c2F)cc1. The van der Waals surface area contributed by atoms with Crippen molar-refractivity contribution in [2.75, 3.05) is 5.32 Å². The van der Waals surface area contributed by atoms with Crippen molar-refractivity contribution in [2.24, 2.45) is 0 Å². The fourth-order valence-electron chi connectivity index (χ4n) is 3.61. The van der Waals surface area contributed by atoms with Crippen molar-refractivity contribution < 1.29 is 27.1 Å². The molecule has 3 aromatic carbocycles. The van der Waals surface area contributed by atoms with Gasteiger partial charge in [-0.25, -0.2) is 8.78 Å². The Morgan fingerprint density at radius 3 is 2.16 bits per heavy atom. The van der Waals surface area contributed by atoms with Crippen molar-refractivity contribution in [3.05, 3.63) is 110 Å². The zero-order valence-corrected chi connectivity index (χ0v) is 21.0. The van der Waals surface area contributed by atoms with Gasteiger partial charge in [0.25, 0.3) is 5.91 Å². The molecule has 0 saturated carbocycles. The number of aryl methyl sites for hydroxylation is 1. The van der Waals surface area contributed by atoms with Gasteiger partial charge in [-0.3, -0.25) is 9.48 Å². The minimum absolute atomic E-state index is 0.103. The van der Waals surface area contributed by atoms with Crippen molar-refractivity contribution in [2.45, 2.75) is 27.0 Å². The highest BCUT2D eigenvalue weighted by Crippen LogP contribution is 2.28. The monoisotopic (exact) mass is 551 g/mol. The second kappa shape index (κ2) is 10.8. The average Bonchev–Trinajstić information content (AvgIpc) is 3.12. The van der Waals surface area contributed by atoms with Crippen LogP contribution in [0.25, 0.3) is 0 Å². The van der Waals surface area contributed by atoms with Gasteiger partial charge >= 0.3 is 0 Å². The third kappa shape index (κ3) is 5.73. The van der Waals surface area contributed by atoms with E-state index in [1.54, 1.807) is 23.7 Å². The number of ether oxygens (including phenoxy) is 1. The van der Waals surface area contributed by atoms with E-state index in [2.05, 4.69) is 10.4 Å². The molecule has 4 aromatic rings. The summed E-state index contributed by atoms with van der Waals surface area (Å²) in [4.78, 5) is 12.8. The molecule has 1 amide bonds. The largest absolute Gasteiger partial charge is 0.483 e. The first-order valence-electron chi connectivity index (χ1n) is 10.9. The van der Waals surface area contributed by atoms with Crippen LogP contribution in [0.15, 0.2) is 48.5 Å². The van der Waals surface area contributed by atoms with Gasteiger partial charge in [-0.05, 0) is 49.2 Å². The number of rotatable bonds is 7. The van der Waals surface area contributed by atoms with E-state index in [-0.39, 0.29) is 12.7 Å². The molecule has 0 aliphatic heterocycles. The molecule has 192 valence electrons. The highest BCUT2D eigenvalue weighted by Gasteiger charge is 2.21. The van der Waals surface area contributed by atoms with E-state index in [1.165, 1.54) is 24.3 Å². The highest BCUT2D eigenvalue weighted by molar-refractivity contribution is 6.42. The fraction of sp³-hybridized carbons (Fsp3) is 0.154. The molecule has 11 heteroatoms. The minimum atomic E-state index is -1.62. The van der Waals surface area contributed by atoms with Gasteiger partial charge in [0, 0.05) is 11.6 Å². The molecule has 0 atom stereocenters. The molecule has 5 nitrogen and oxygen atoms in total. The maximum Gasteiger partial charge on any atom is 0.255 e. The van der Waals surface area contributed by atoms with Crippen LogP contribution in [0.3, 0.4) is 0 Å². The first kappa shape index (κ1) is 26.5. The number of hydrogen-bond donors (Lipinski definition) is 1. The molecule has 0 fully saturated rings. The van der Waals surface area contributed by atoms with Crippen LogP contribution in [0.5, 0.6) is 5.75 Å². The number of carbonyl (C=O) groups is 1. The van der Waals surface area contributed by atoms with Gasteiger partial charge in [-0.2, -0.15) is 13.9 Å². The normalized spacial score (nSPS) is 11.0. The molecule has 0 bridgehead atoms. The number of amides is 1. The topological polar surface area (TPSA) is 56.2 Å². The van der Waals surface area contributed by atoms with E-state index in [4.69, 9.17) is 27.9 Å². The van der Waals surface area contributed by atoms with E-state index in [1.807, 2.05) is 13.0 Å². The molecule has 0 saturated heterocycles. The lowest BCUT2D eigenvalue weighted by Gasteiger charge is -2.10. The molecule has 0 aliphatic carbocycles. The predicted octanol–water partition coefficient (Wildman–Crippen LogP) is 7.24. The Morgan fingerprint density at radius 2 is 1.54 bits per heavy atom. The van der Waals surface area contributed by atoms with E-state index in [9.17, 15) is 22.4 Å². The van der Waals surface area contributed by atoms with Gasteiger partial charge < -0.3 is 10.1 Å². The number of halogens is 6. The molecule has 0 aliphatic rings. The standard InChI is InChI=1S/C26H19Cl2F4N3O2/c1-13-24(14(2)35(34-13)11-16-5-8-18(27)19(28)9-16)33-26(36)17-6-3-15(4-7-17)12-37-25-22(31)20(29)10-21(30)23(25)32/h3-10H,11-12H2,1-2H3,(H,33,36). The molecule has 1 N–H and O–H groups in total. The lowest BCUT2D eigenvalue weighted by molar-refractivity contribution is 0.102. The average molecular weight is 552 g/mol. The van der Waals surface area contributed by atoms with Crippen LogP contribution in [0.1, 0.15) is 32.9 Å². The summed E-state index contributed by atoms with van der Waals surface area (Å²) in [6.45, 7) is 3.63. The number of anilines is 1. The van der Waals surface area contributed by atoms with E-state index >= 15 is 0 Å². The van der Waals surface area contributed by atoms with Crippen molar-refractivity contribution in [3.63, 3.8) is 0 Å². The summed E-state index contributed by atoms with van der Waals surface area (Å²) in [6, 6.07) is 11.3. The van der Waals surface area contributed by atoms with E-state index < -0.39 is 34.9 Å². The Kier molecular flexibility index (Phi) is 7.75. The Hall–Kier alpha value is -3.56. The molecule has 0 radical (unpaired) electrons. The molecular weight excluding hydrogens is 533 g/mol. The van der Waals surface area contributed by atoms with Crippen LogP contribution in [0.4, 0.5) is 23.2 Å². The minimum Gasteiger partial charge on any atom is -0.483 e. The molecule has 0 unspecified atom stereocenters. The Balaban J connectivity index is 1.43.